The molecular weight excluding hydrogens is 272 g/mol. The maximum Gasteiger partial charge on any atom is 0.294 e. The summed E-state index contributed by atoms with van der Waals surface area (Å²) in [5.41, 5.74) is 0.825. The Labute approximate surface area is 118 Å². The van der Waals surface area contributed by atoms with Gasteiger partial charge in [-0.25, -0.2) is 0 Å². The van der Waals surface area contributed by atoms with Gasteiger partial charge in [0.2, 0.25) is 5.89 Å². The molecule has 4 rings (SSSR count). The number of benzene rings is 1. The molecule has 3 aromatic heterocycles. The first-order valence-corrected chi connectivity index (χ1v) is 6.17. The summed E-state index contributed by atoms with van der Waals surface area (Å²) in [6.45, 7) is 0. The third-order valence-corrected chi connectivity index (χ3v) is 2.80. The standard InChI is InChI=1S/C14H8N4O3/c1-2-5-9(6-3-1)12-16-17-14(20-12)11-15-13(21-18-11)10-7-4-8-19-10/h1-8H. The van der Waals surface area contributed by atoms with Gasteiger partial charge in [0.1, 0.15) is 0 Å². The summed E-state index contributed by atoms with van der Waals surface area (Å²) in [6.07, 6.45) is 1.53. The predicted molar refractivity (Wildman–Crippen MR) is 70.7 cm³/mol. The van der Waals surface area contributed by atoms with Crippen LogP contribution >= 0.6 is 0 Å². The second-order valence-electron chi connectivity index (χ2n) is 4.18. The Morgan fingerprint density at radius 2 is 1.67 bits per heavy atom. The zero-order valence-corrected chi connectivity index (χ0v) is 10.6. The van der Waals surface area contributed by atoms with Crippen LogP contribution in [-0.4, -0.2) is 20.3 Å². The van der Waals surface area contributed by atoms with Gasteiger partial charge in [-0.2, -0.15) is 4.98 Å². The summed E-state index contributed by atoms with van der Waals surface area (Å²) in [5, 5.41) is 11.7. The molecule has 7 heteroatoms. The SMILES string of the molecule is c1ccc(-c2nnc(-c3noc(-c4ccco4)n3)o2)cc1. The Bertz CT molecular complexity index is 849. The van der Waals surface area contributed by atoms with Crippen molar-refractivity contribution in [2.24, 2.45) is 0 Å². The largest absolute Gasteiger partial charge is 0.459 e. The normalized spacial score (nSPS) is 10.9. The van der Waals surface area contributed by atoms with E-state index in [1.807, 2.05) is 30.3 Å². The Morgan fingerprint density at radius 3 is 2.48 bits per heavy atom. The molecule has 0 radical (unpaired) electrons. The molecule has 0 amide bonds. The van der Waals surface area contributed by atoms with Crippen molar-refractivity contribution in [2.75, 3.05) is 0 Å². The van der Waals surface area contributed by atoms with Gasteiger partial charge in [0.15, 0.2) is 5.76 Å². The van der Waals surface area contributed by atoms with E-state index < -0.39 is 0 Å². The van der Waals surface area contributed by atoms with Crippen LogP contribution in [0.2, 0.25) is 0 Å². The minimum Gasteiger partial charge on any atom is -0.459 e. The van der Waals surface area contributed by atoms with E-state index in [0.717, 1.165) is 5.56 Å². The fourth-order valence-electron chi connectivity index (χ4n) is 1.82. The number of furan rings is 1. The van der Waals surface area contributed by atoms with Gasteiger partial charge in [0.05, 0.1) is 6.26 Å². The first-order chi connectivity index (χ1) is 10.4. The molecule has 0 fully saturated rings. The highest BCUT2D eigenvalue weighted by atomic mass is 16.5. The maximum absolute atomic E-state index is 5.55. The molecule has 0 saturated carbocycles. The smallest absolute Gasteiger partial charge is 0.294 e. The third-order valence-electron chi connectivity index (χ3n) is 2.80. The van der Waals surface area contributed by atoms with Gasteiger partial charge in [0.25, 0.3) is 17.6 Å². The Morgan fingerprint density at radius 1 is 0.810 bits per heavy atom. The molecule has 0 bridgehead atoms. The molecule has 102 valence electrons. The summed E-state index contributed by atoms with van der Waals surface area (Å²) in [5.74, 6) is 1.55. The molecule has 0 aliphatic rings. The first-order valence-electron chi connectivity index (χ1n) is 6.17. The fourth-order valence-corrected chi connectivity index (χ4v) is 1.82. The van der Waals surface area contributed by atoms with Gasteiger partial charge in [-0.05, 0) is 24.3 Å². The minimum absolute atomic E-state index is 0.190. The zero-order valence-electron chi connectivity index (χ0n) is 10.6. The zero-order chi connectivity index (χ0) is 14.1. The van der Waals surface area contributed by atoms with Crippen molar-refractivity contribution in [1.29, 1.82) is 0 Å². The maximum atomic E-state index is 5.55. The Kier molecular flexibility index (Phi) is 2.60. The minimum atomic E-state index is 0.190. The summed E-state index contributed by atoms with van der Waals surface area (Å²) in [4.78, 5) is 4.16. The van der Waals surface area contributed by atoms with E-state index in [4.69, 9.17) is 13.4 Å². The Balaban J connectivity index is 1.67. The molecule has 0 aliphatic carbocycles. The van der Waals surface area contributed by atoms with E-state index in [0.29, 0.717) is 11.7 Å². The van der Waals surface area contributed by atoms with Gasteiger partial charge < -0.3 is 13.4 Å². The lowest BCUT2D eigenvalue weighted by Gasteiger charge is -1.90. The van der Waals surface area contributed by atoms with E-state index >= 15 is 0 Å². The van der Waals surface area contributed by atoms with Gasteiger partial charge in [-0.15, -0.1) is 10.2 Å². The van der Waals surface area contributed by atoms with Crippen molar-refractivity contribution in [3.63, 3.8) is 0 Å². The molecular formula is C14H8N4O3. The second kappa shape index (κ2) is 4.71. The van der Waals surface area contributed by atoms with Crippen LogP contribution < -0.4 is 0 Å². The lowest BCUT2D eigenvalue weighted by molar-refractivity contribution is 0.414. The summed E-state index contributed by atoms with van der Waals surface area (Å²) >= 11 is 0. The molecule has 0 N–H and O–H groups in total. The fraction of sp³-hybridized carbons (Fsp3) is 0. The van der Waals surface area contributed by atoms with E-state index in [-0.39, 0.29) is 17.6 Å². The van der Waals surface area contributed by atoms with Crippen LogP contribution in [0, 0.1) is 0 Å². The van der Waals surface area contributed by atoms with Gasteiger partial charge in [-0.3, -0.25) is 0 Å². The van der Waals surface area contributed by atoms with Crippen molar-refractivity contribution in [3.8, 4) is 34.8 Å². The average Bonchev–Trinajstić information content (AvgIpc) is 3.27. The molecule has 3 heterocycles. The number of aromatic nitrogens is 4. The van der Waals surface area contributed by atoms with Crippen LogP contribution in [0.1, 0.15) is 0 Å². The lowest BCUT2D eigenvalue weighted by atomic mass is 10.2. The molecule has 7 nitrogen and oxygen atoms in total. The summed E-state index contributed by atoms with van der Waals surface area (Å²) < 4.78 is 15.8. The van der Waals surface area contributed by atoms with Crippen LogP contribution in [0.5, 0.6) is 0 Å². The molecule has 0 atom stereocenters. The molecule has 1 aromatic carbocycles. The highest BCUT2D eigenvalue weighted by Crippen LogP contribution is 2.24. The predicted octanol–water partition coefficient (Wildman–Crippen LogP) is 3.05. The van der Waals surface area contributed by atoms with Crippen molar-refractivity contribution >= 4 is 0 Å². The average molecular weight is 280 g/mol. The van der Waals surface area contributed by atoms with Crippen LogP contribution in [0.3, 0.4) is 0 Å². The third kappa shape index (κ3) is 2.10. The van der Waals surface area contributed by atoms with Crippen molar-refractivity contribution in [2.45, 2.75) is 0 Å². The molecule has 0 aliphatic heterocycles. The number of hydrogen-bond acceptors (Lipinski definition) is 7. The van der Waals surface area contributed by atoms with Crippen molar-refractivity contribution in [3.05, 3.63) is 48.7 Å². The van der Waals surface area contributed by atoms with Crippen LogP contribution in [0.4, 0.5) is 0 Å². The first kappa shape index (κ1) is 11.6. The van der Waals surface area contributed by atoms with E-state index in [1.165, 1.54) is 6.26 Å². The monoisotopic (exact) mass is 280 g/mol. The van der Waals surface area contributed by atoms with Gasteiger partial charge in [0, 0.05) is 5.56 Å². The van der Waals surface area contributed by atoms with E-state index in [1.54, 1.807) is 12.1 Å². The molecule has 0 unspecified atom stereocenters. The van der Waals surface area contributed by atoms with E-state index in [9.17, 15) is 0 Å². The van der Waals surface area contributed by atoms with Crippen LogP contribution in [0.25, 0.3) is 34.8 Å². The summed E-state index contributed by atoms with van der Waals surface area (Å²) in [6, 6.07) is 12.9. The van der Waals surface area contributed by atoms with Gasteiger partial charge >= 0.3 is 0 Å². The van der Waals surface area contributed by atoms with Crippen molar-refractivity contribution in [1.82, 2.24) is 20.3 Å². The number of hydrogen-bond donors (Lipinski definition) is 0. The van der Waals surface area contributed by atoms with Gasteiger partial charge in [-0.1, -0.05) is 23.4 Å². The second-order valence-corrected chi connectivity index (χ2v) is 4.18. The molecule has 0 saturated heterocycles. The highest BCUT2D eigenvalue weighted by molar-refractivity contribution is 5.55. The quantitative estimate of drug-likeness (QED) is 0.569. The number of nitrogens with zero attached hydrogens (tertiary/aromatic N) is 4. The van der Waals surface area contributed by atoms with E-state index in [2.05, 4.69) is 20.3 Å². The molecule has 21 heavy (non-hydrogen) atoms. The van der Waals surface area contributed by atoms with Crippen LogP contribution in [-0.2, 0) is 0 Å². The lowest BCUT2D eigenvalue weighted by Crippen LogP contribution is -1.80. The number of rotatable bonds is 3. The highest BCUT2D eigenvalue weighted by Gasteiger charge is 2.18. The molecule has 4 aromatic rings. The Hall–Kier alpha value is -3.22. The molecule has 0 spiro atoms. The summed E-state index contributed by atoms with van der Waals surface area (Å²) in [7, 11) is 0. The topological polar surface area (TPSA) is 91.0 Å². The van der Waals surface area contributed by atoms with Crippen LogP contribution in [0.15, 0.2) is 62.1 Å². The van der Waals surface area contributed by atoms with Crippen molar-refractivity contribution < 1.29 is 13.4 Å².